The lowest BCUT2D eigenvalue weighted by Crippen LogP contribution is -2.23. The summed E-state index contributed by atoms with van der Waals surface area (Å²) in [6, 6.07) is 19.5. The van der Waals surface area contributed by atoms with E-state index in [9.17, 15) is 0 Å². The molecule has 0 spiro atoms. The maximum atomic E-state index is 6.20. The van der Waals surface area contributed by atoms with Crippen molar-refractivity contribution in [3.8, 4) is 0 Å². The zero-order chi connectivity index (χ0) is 18.8. The Bertz CT molecular complexity index is 1000. The number of hydrogen-bond donors (Lipinski definition) is 2. The first-order valence-corrected chi connectivity index (χ1v) is 9.85. The minimum Gasteiger partial charge on any atom is -0.370 e. The predicted molar refractivity (Wildman–Crippen MR) is 115 cm³/mol. The number of guanidine groups is 1. The summed E-state index contributed by atoms with van der Waals surface area (Å²) < 4.78 is 0. The molecule has 0 aliphatic heterocycles. The second-order valence-electron chi connectivity index (χ2n) is 7.49. The van der Waals surface area contributed by atoms with E-state index in [0.717, 1.165) is 24.9 Å². The summed E-state index contributed by atoms with van der Waals surface area (Å²) in [5.41, 5.74) is 12.6. The van der Waals surface area contributed by atoms with Crippen LogP contribution in [0.3, 0.4) is 0 Å². The monoisotopic (exact) mass is 357 g/mol. The van der Waals surface area contributed by atoms with Crippen LogP contribution in [0.25, 0.3) is 10.8 Å². The highest BCUT2D eigenvalue weighted by atomic mass is 15.1. The van der Waals surface area contributed by atoms with Crippen molar-refractivity contribution >= 4 is 22.4 Å². The van der Waals surface area contributed by atoms with Gasteiger partial charge >= 0.3 is 0 Å². The van der Waals surface area contributed by atoms with Crippen LogP contribution in [-0.2, 0) is 19.4 Å². The molecule has 0 bridgehead atoms. The molecule has 4 rings (SSSR count). The molecule has 3 aromatic rings. The molecular formula is C24H27N3. The summed E-state index contributed by atoms with van der Waals surface area (Å²) in [7, 11) is 0. The van der Waals surface area contributed by atoms with E-state index >= 15 is 0 Å². The van der Waals surface area contributed by atoms with Crippen LogP contribution in [0, 0.1) is 0 Å². The average molecular weight is 358 g/mol. The van der Waals surface area contributed by atoms with Gasteiger partial charge in [-0.05, 0) is 64.3 Å². The van der Waals surface area contributed by atoms with Crippen molar-refractivity contribution in [2.45, 2.75) is 45.6 Å². The molecule has 0 saturated carbocycles. The van der Waals surface area contributed by atoms with E-state index in [1.54, 1.807) is 0 Å². The molecule has 27 heavy (non-hydrogen) atoms. The Labute approximate surface area is 161 Å². The molecule has 1 aliphatic rings. The van der Waals surface area contributed by atoms with Gasteiger partial charge in [0, 0.05) is 5.69 Å². The Morgan fingerprint density at radius 2 is 1.96 bits per heavy atom. The van der Waals surface area contributed by atoms with Crippen LogP contribution in [0.5, 0.6) is 0 Å². The molecule has 0 heterocycles. The molecular weight excluding hydrogens is 330 g/mol. The third-order valence-corrected chi connectivity index (χ3v) is 5.71. The molecule has 1 unspecified atom stereocenters. The van der Waals surface area contributed by atoms with E-state index in [4.69, 9.17) is 5.73 Å². The van der Waals surface area contributed by atoms with Gasteiger partial charge in [-0.2, -0.15) is 0 Å². The van der Waals surface area contributed by atoms with Crippen LogP contribution in [0.2, 0.25) is 0 Å². The van der Waals surface area contributed by atoms with Crippen molar-refractivity contribution < 1.29 is 0 Å². The minimum atomic E-state index is 0.476. The molecule has 3 aromatic carbocycles. The number of nitrogens with two attached hydrogens (primary N) is 1. The highest BCUT2D eigenvalue weighted by Crippen LogP contribution is 2.35. The fourth-order valence-electron chi connectivity index (χ4n) is 3.97. The fourth-order valence-corrected chi connectivity index (χ4v) is 3.97. The normalized spacial score (nSPS) is 14.5. The largest absolute Gasteiger partial charge is 0.370 e. The maximum Gasteiger partial charge on any atom is 0.193 e. The van der Waals surface area contributed by atoms with Crippen molar-refractivity contribution in [2.75, 3.05) is 5.32 Å². The summed E-state index contributed by atoms with van der Waals surface area (Å²) in [6.07, 6.45) is 3.30. The summed E-state index contributed by atoms with van der Waals surface area (Å²) in [5.74, 6) is 1.05. The standard InChI is InChI=1S/C24H27N3/c1-3-16(2)20-9-4-6-17(14-20)15-26-24(25)27-22-13-11-19-8-5-7-18-10-12-21(22)23(18)19/h4-9,11,13-14,16H,3,10,12,15H2,1-2H3,(H3,25,26,27). The van der Waals surface area contributed by atoms with E-state index in [1.807, 2.05) is 0 Å². The topological polar surface area (TPSA) is 50.4 Å². The zero-order valence-corrected chi connectivity index (χ0v) is 16.1. The molecule has 1 atom stereocenters. The third kappa shape index (κ3) is 3.55. The number of benzene rings is 3. The van der Waals surface area contributed by atoms with Gasteiger partial charge in [0.15, 0.2) is 5.96 Å². The van der Waals surface area contributed by atoms with Crippen molar-refractivity contribution in [2.24, 2.45) is 10.7 Å². The second kappa shape index (κ2) is 7.43. The highest BCUT2D eigenvalue weighted by Gasteiger charge is 2.17. The van der Waals surface area contributed by atoms with Gasteiger partial charge in [-0.15, -0.1) is 0 Å². The summed E-state index contributed by atoms with van der Waals surface area (Å²) in [6.45, 7) is 5.07. The summed E-state index contributed by atoms with van der Waals surface area (Å²) in [4.78, 5) is 4.57. The number of nitrogens with one attached hydrogen (secondary N) is 1. The lowest BCUT2D eigenvalue weighted by molar-refractivity contribution is 0.732. The van der Waals surface area contributed by atoms with Crippen molar-refractivity contribution in [1.82, 2.24) is 0 Å². The van der Waals surface area contributed by atoms with Gasteiger partial charge in [-0.3, -0.25) is 0 Å². The van der Waals surface area contributed by atoms with Crippen LogP contribution >= 0.6 is 0 Å². The van der Waals surface area contributed by atoms with Crippen LogP contribution in [0.4, 0.5) is 5.69 Å². The Morgan fingerprint density at radius 1 is 1.11 bits per heavy atom. The predicted octanol–water partition coefficient (Wildman–Crippen LogP) is 5.38. The molecule has 3 heteroatoms. The van der Waals surface area contributed by atoms with E-state index in [1.165, 1.54) is 33.0 Å². The Morgan fingerprint density at radius 3 is 2.81 bits per heavy atom. The van der Waals surface area contributed by atoms with E-state index < -0.39 is 0 Å². The fraction of sp³-hybridized carbons (Fsp3) is 0.292. The van der Waals surface area contributed by atoms with Crippen molar-refractivity contribution in [3.05, 3.63) is 76.9 Å². The van der Waals surface area contributed by atoms with Crippen LogP contribution in [-0.4, -0.2) is 5.96 Å². The molecule has 0 radical (unpaired) electrons. The Balaban J connectivity index is 1.52. The molecule has 138 valence electrons. The number of rotatable bonds is 5. The quantitative estimate of drug-likeness (QED) is 0.476. The second-order valence-corrected chi connectivity index (χ2v) is 7.49. The zero-order valence-electron chi connectivity index (χ0n) is 16.1. The lowest BCUT2D eigenvalue weighted by atomic mass is 9.97. The summed E-state index contributed by atoms with van der Waals surface area (Å²) >= 11 is 0. The van der Waals surface area contributed by atoms with Gasteiger partial charge in [-0.25, -0.2) is 4.99 Å². The highest BCUT2D eigenvalue weighted by molar-refractivity contribution is 6.00. The molecule has 1 aliphatic carbocycles. The van der Waals surface area contributed by atoms with E-state index in [2.05, 4.69) is 78.8 Å². The first kappa shape index (κ1) is 17.6. The first-order valence-electron chi connectivity index (χ1n) is 9.85. The molecule has 0 fully saturated rings. The number of aliphatic imine (C=N–C) groups is 1. The van der Waals surface area contributed by atoms with Crippen LogP contribution in [0.1, 0.15) is 48.4 Å². The molecule has 3 nitrogen and oxygen atoms in total. The Hall–Kier alpha value is -2.81. The Kier molecular flexibility index (Phi) is 4.85. The van der Waals surface area contributed by atoms with E-state index in [-0.39, 0.29) is 0 Å². The van der Waals surface area contributed by atoms with Gasteiger partial charge in [-0.1, -0.05) is 62.4 Å². The maximum absolute atomic E-state index is 6.20. The molecule has 3 N–H and O–H groups in total. The van der Waals surface area contributed by atoms with Gasteiger partial charge < -0.3 is 11.1 Å². The van der Waals surface area contributed by atoms with Gasteiger partial charge in [0.2, 0.25) is 0 Å². The third-order valence-electron chi connectivity index (χ3n) is 5.71. The average Bonchev–Trinajstić information content (AvgIpc) is 3.14. The molecule has 0 amide bonds. The molecule has 0 aromatic heterocycles. The smallest absolute Gasteiger partial charge is 0.193 e. The number of nitrogens with zero attached hydrogens (tertiary/aromatic N) is 1. The molecule has 0 saturated heterocycles. The van der Waals surface area contributed by atoms with Crippen molar-refractivity contribution in [1.29, 1.82) is 0 Å². The van der Waals surface area contributed by atoms with Crippen molar-refractivity contribution in [3.63, 3.8) is 0 Å². The number of hydrogen-bond acceptors (Lipinski definition) is 1. The lowest BCUT2D eigenvalue weighted by Gasteiger charge is -2.12. The van der Waals surface area contributed by atoms with Gasteiger partial charge in [0.25, 0.3) is 0 Å². The number of anilines is 1. The van der Waals surface area contributed by atoms with Crippen LogP contribution < -0.4 is 11.1 Å². The van der Waals surface area contributed by atoms with Gasteiger partial charge in [0.1, 0.15) is 0 Å². The van der Waals surface area contributed by atoms with Crippen LogP contribution in [0.15, 0.2) is 59.6 Å². The summed E-state index contributed by atoms with van der Waals surface area (Å²) in [5, 5.41) is 6.03. The first-order chi connectivity index (χ1) is 13.2. The minimum absolute atomic E-state index is 0.476. The number of aryl methyl sites for hydroxylation is 2. The van der Waals surface area contributed by atoms with Gasteiger partial charge in [0.05, 0.1) is 6.54 Å². The van der Waals surface area contributed by atoms with E-state index in [0.29, 0.717) is 18.4 Å². The SMILES string of the molecule is CCC(C)c1cccc(CN=C(N)Nc2ccc3cccc4c3c2CC4)c1.